The number of aryl methyl sites for hydroxylation is 1. The van der Waals surface area contributed by atoms with E-state index in [0.717, 1.165) is 21.3 Å². The van der Waals surface area contributed by atoms with Crippen molar-refractivity contribution < 1.29 is 0 Å². The Morgan fingerprint density at radius 2 is 2.11 bits per heavy atom. The van der Waals surface area contributed by atoms with Gasteiger partial charge in [0.05, 0.1) is 18.4 Å². The molecule has 5 heteroatoms. The Balaban J connectivity index is 2.08. The van der Waals surface area contributed by atoms with Gasteiger partial charge in [-0.15, -0.1) is 11.3 Å². The SMILES string of the molecule is Cc1csc2c(=O)n(Cc3ccncc3)cnc12. The number of pyridine rings is 1. The Bertz CT molecular complexity index is 746. The minimum Gasteiger partial charge on any atom is -0.294 e. The highest BCUT2D eigenvalue weighted by atomic mass is 32.1. The lowest BCUT2D eigenvalue weighted by Gasteiger charge is -2.04. The van der Waals surface area contributed by atoms with Crippen LogP contribution in [0.3, 0.4) is 0 Å². The van der Waals surface area contributed by atoms with Crippen LogP contribution in [0.1, 0.15) is 11.1 Å². The molecule has 0 N–H and O–H groups in total. The summed E-state index contributed by atoms with van der Waals surface area (Å²) >= 11 is 1.46. The normalized spacial score (nSPS) is 10.9. The summed E-state index contributed by atoms with van der Waals surface area (Å²) in [6, 6.07) is 3.80. The first-order valence-corrected chi connectivity index (χ1v) is 6.46. The van der Waals surface area contributed by atoms with Gasteiger partial charge in [0.2, 0.25) is 0 Å². The van der Waals surface area contributed by atoms with Crippen LogP contribution in [-0.2, 0) is 6.54 Å². The zero-order valence-electron chi connectivity index (χ0n) is 9.83. The van der Waals surface area contributed by atoms with Crippen LogP contribution < -0.4 is 5.56 Å². The molecule has 0 aliphatic carbocycles. The van der Waals surface area contributed by atoms with E-state index in [4.69, 9.17) is 0 Å². The molecule has 0 saturated heterocycles. The maximum atomic E-state index is 12.3. The van der Waals surface area contributed by atoms with Gasteiger partial charge in [-0.25, -0.2) is 4.98 Å². The van der Waals surface area contributed by atoms with E-state index in [1.165, 1.54) is 11.3 Å². The van der Waals surface area contributed by atoms with Crippen molar-refractivity contribution in [1.29, 1.82) is 0 Å². The van der Waals surface area contributed by atoms with E-state index in [2.05, 4.69) is 9.97 Å². The molecular weight excluding hydrogens is 246 g/mol. The minimum absolute atomic E-state index is 0.0231. The Kier molecular flexibility index (Phi) is 2.68. The lowest BCUT2D eigenvalue weighted by molar-refractivity contribution is 0.748. The number of aromatic nitrogens is 3. The van der Waals surface area contributed by atoms with Gasteiger partial charge in [0, 0.05) is 12.4 Å². The Labute approximate surface area is 108 Å². The predicted molar refractivity (Wildman–Crippen MR) is 72.0 cm³/mol. The fourth-order valence-electron chi connectivity index (χ4n) is 1.86. The van der Waals surface area contributed by atoms with Crippen LogP contribution >= 0.6 is 11.3 Å². The molecule has 0 radical (unpaired) electrons. The fourth-order valence-corrected chi connectivity index (χ4v) is 2.81. The number of hydrogen-bond donors (Lipinski definition) is 0. The fraction of sp³-hybridized carbons (Fsp3) is 0.154. The van der Waals surface area contributed by atoms with Crippen molar-refractivity contribution in [3.05, 3.63) is 57.7 Å². The molecule has 3 rings (SSSR count). The van der Waals surface area contributed by atoms with Crippen LogP contribution in [0.2, 0.25) is 0 Å². The maximum Gasteiger partial charge on any atom is 0.271 e. The van der Waals surface area contributed by atoms with E-state index in [1.807, 2.05) is 24.4 Å². The molecule has 0 aliphatic heterocycles. The highest BCUT2D eigenvalue weighted by Gasteiger charge is 2.08. The lowest BCUT2D eigenvalue weighted by Crippen LogP contribution is -2.20. The maximum absolute atomic E-state index is 12.3. The van der Waals surface area contributed by atoms with E-state index in [1.54, 1.807) is 23.3 Å². The molecule has 0 spiro atoms. The van der Waals surface area contributed by atoms with Crippen molar-refractivity contribution in [2.75, 3.05) is 0 Å². The van der Waals surface area contributed by atoms with Crippen LogP contribution in [-0.4, -0.2) is 14.5 Å². The second-order valence-electron chi connectivity index (χ2n) is 4.13. The summed E-state index contributed by atoms with van der Waals surface area (Å²) in [7, 11) is 0. The van der Waals surface area contributed by atoms with E-state index < -0.39 is 0 Å². The molecule has 4 nitrogen and oxygen atoms in total. The second kappa shape index (κ2) is 4.34. The van der Waals surface area contributed by atoms with Gasteiger partial charge in [-0.3, -0.25) is 14.3 Å². The van der Waals surface area contributed by atoms with Crippen molar-refractivity contribution >= 4 is 21.6 Å². The summed E-state index contributed by atoms with van der Waals surface area (Å²) in [5.41, 5.74) is 2.94. The predicted octanol–water partition coefficient (Wildman–Crippen LogP) is 2.21. The molecule has 3 aromatic rings. The van der Waals surface area contributed by atoms with Crippen LogP contribution in [0.15, 0.2) is 41.0 Å². The Morgan fingerprint density at radius 3 is 2.89 bits per heavy atom. The molecule has 90 valence electrons. The molecule has 3 heterocycles. The molecule has 0 atom stereocenters. The molecular formula is C13H11N3OS. The van der Waals surface area contributed by atoms with E-state index in [0.29, 0.717) is 6.54 Å². The first kappa shape index (κ1) is 11.1. The van der Waals surface area contributed by atoms with E-state index in [9.17, 15) is 4.79 Å². The summed E-state index contributed by atoms with van der Waals surface area (Å²) in [5.74, 6) is 0. The summed E-state index contributed by atoms with van der Waals surface area (Å²) in [6.45, 7) is 2.50. The van der Waals surface area contributed by atoms with E-state index in [-0.39, 0.29) is 5.56 Å². The van der Waals surface area contributed by atoms with Gasteiger partial charge in [0.25, 0.3) is 5.56 Å². The quantitative estimate of drug-likeness (QED) is 0.707. The average molecular weight is 257 g/mol. The highest BCUT2D eigenvalue weighted by Crippen LogP contribution is 2.19. The van der Waals surface area contributed by atoms with Gasteiger partial charge < -0.3 is 0 Å². The Morgan fingerprint density at radius 1 is 1.33 bits per heavy atom. The first-order chi connectivity index (χ1) is 8.75. The molecule has 0 fully saturated rings. The third-order valence-corrected chi connectivity index (χ3v) is 3.90. The van der Waals surface area contributed by atoms with Gasteiger partial charge in [0.1, 0.15) is 4.70 Å². The standard InChI is InChI=1S/C13H11N3OS/c1-9-7-18-12-11(9)15-8-16(13(12)17)6-10-2-4-14-5-3-10/h2-5,7-8H,6H2,1H3. The van der Waals surface area contributed by atoms with Crippen molar-refractivity contribution in [3.8, 4) is 0 Å². The third-order valence-electron chi connectivity index (χ3n) is 2.83. The molecule has 0 aliphatic rings. The van der Waals surface area contributed by atoms with Crippen molar-refractivity contribution in [2.24, 2.45) is 0 Å². The molecule has 18 heavy (non-hydrogen) atoms. The monoisotopic (exact) mass is 257 g/mol. The van der Waals surface area contributed by atoms with Crippen LogP contribution in [0, 0.1) is 6.92 Å². The lowest BCUT2D eigenvalue weighted by atomic mass is 10.2. The molecule has 0 bridgehead atoms. The number of rotatable bonds is 2. The van der Waals surface area contributed by atoms with Gasteiger partial charge in [0.15, 0.2) is 0 Å². The van der Waals surface area contributed by atoms with Crippen LogP contribution in [0.25, 0.3) is 10.2 Å². The molecule has 0 saturated carbocycles. The summed E-state index contributed by atoms with van der Waals surface area (Å²) in [5, 5.41) is 1.97. The third kappa shape index (κ3) is 1.82. The molecule has 0 unspecified atom stereocenters. The number of fused-ring (bicyclic) bond motifs is 1. The van der Waals surface area contributed by atoms with Gasteiger partial charge in [-0.1, -0.05) is 0 Å². The van der Waals surface area contributed by atoms with Gasteiger partial charge in [-0.2, -0.15) is 0 Å². The van der Waals surface area contributed by atoms with Crippen molar-refractivity contribution in [1.82, 2.24) is 14.5 Å². The summed E-state index contributed by atoms with van der Waals surface area (Å²) in [4.78, 5) is 20.6. The summed E-state index contributed by atoms with van der Waals surface area (Å²) < 4.78 is 2.36. The molecule has 0 amide bonds. The van der Waals surface area contributed by atoms with Crippen molar-refractivity contribution in [2.45, 2.75) is 13.5 Å². The largest absolute Gasteiger partial charge is 0.294 e. The first-order valence-electron chi connectivity index (χ1n) is 5.58. The average Bonchev–Trinajstić information content (AvgIpc) is 2.77. The van der Waals surface area contributed by atoms with Gasteiger partial charge >= 0.3 is 0 Å². The van der Waals surface area contributed by atoms with Crippen LogP contribution in [0.4, 0.5) is 0 Å². The van der Waals surface area contributed by atoms with Gasteiger partial charge in [-0.05, 0) is 35.6 Å². The molecule has 3 aromatic heterocycles. The summed E-state index contributed by atoms with van der Waals surface area (Å²) in [6.07, 6.45) is 5.06. The zero-order valence-corrected chi connectivity index (χ0v) is 10.6. The van der Waals surface area contributed by atoms with E-state index >= 15 is 0 Å². The highest BCUT2D eigenvalue weighted by molar-refractivity contribution is 7.17. The Hall–Kier alpha value is -2.01. The number of nitrogens with zero attached hydrogens (tertiary/aromatic N) is 3. The zero-order chi connectivity index (χ0) is 12.5. The van der Waals surface area contributed by atoms with Crippen LogP contribution in [0.5, 0.6) is 0 Å². The number of hydrogen-bond acceptors (Lipinski definition) is 4. The smallest absolute Gasteiger partial charge is 0.271 e. The number of thiophene rings is 1. The molecule has 0 aromatic carbocycles. The van der Waals surface area contributed by atoms with Crippen molar-refractivity contribution in [3.63, 3.8) is 0 Å². The topological polar surface area (TPSA) is 47.8 Å². The minimum atomic E-state index is 0.0231. The second-order valence-corrected chi connectivity index (χ2v) is 5.01.